The van der Waals surface area contributed by atoms with Gasteiger partial charge >= 0.3 is 0 Å². The van der Waals surface area contributed by atoms with Gasteiger partial charge in [-0.2, -0.15) is 0 Å². The number of nitrogens with one attached hydrogen (secondary N) is 1. The van der Waals surface area contributed by atoms with Gasteiger partial charge in [0.2, 0.25) is 5.75 Å². The molecule has 0 atom stereocenters. The number of H-pyrrole nitrogens is 1. The molecule has 0 saturated carbocycles. The second-order valence-electron chi connectivity index (χ2n) is 5.42. The number of ether oxygens (including phenoxy) is 3. The molecule has 0 bridgehead atoms. The zero-order chi connectivity index (χ0) is 16.6. The quantitative estimate of drug-likeness (QED) is 0.794. The van der Waals surface area contributed by atoms with Gasteiger partial charge in [-0.25, -0.2) is 4.98 Å². The summed E-state index contributed by atoms with van der Waals surface area (Å²) in [6, 6.07) is 7.95. The number of hydrogen-bond acceptors (Lipinski definition) is 4. The topological polar surface area (TPSA) is 56.4 Å². The van der Waals surface area contributed by atoms with E-state index in [1.165, 1.54) is 11.1 Å². The predicted molar refractivity (Wildman–Crippen MR) is 90.7 cm³/mol. The maximum Gasteiger partial charge on any atom is 0.204 e. The first-order valence-electron chi connectivity index (χ1n) is 7.35. The normalized spacial score (nSPS) is 10.8. The Morgan fingerprint density at radius 1 is 0.870 bits per heavy atom. The van der Waals surface area contributed by atoms with Crippen LogP contribution in [0.3, 0.4) is 0 Å². The molecule has 5 heteroatoms. The van der Waals surface area contributed by atoms with Crippen molar-refractivity contribution in [2.24, 2.45) is 0 Å². The van der Waals surface area contributed by atoms with Crippen LogP contribution in [0.25, 0.3) is 22.4 Å². The van der Waals surface area contributed by atoms with Crippen molar-refractivity contribution in [2.75, 3.05) is 21.3 Å². The van der Waals surface area contributed by atoms with Gasteiger partial charge in [0.15, 0.2) is 11.5 Å². The predicted octanol–water partition coefficient (Wildman–Crippen LogP) is 3.87. The van der Waals surface area contributed by atoms with Crippen LogP contribution in [0.15, 0.2) is 24.3 Å². The summed E-state index contributed by atoms with van der Waals surface area (Å²) in [5.41, 5.74) is 5.21. The molecule has 0 amide bonds. The highest BCUT2D eigenvalue weighted by Crippen LogP contribution is 2.43. The average Bonchev–Trinajstić information content (AvgIpc) is 2.96. The van der Waals surface area contributed by atoms with Gasteiger partial charge in [0.25, 0.3) is 0 Å². The molecule has 1 heterocycles. The number of rotatable bonds is 4. The minimum Gasteiger partial charge on any atom is -0.493 e. The van der Waals surface area contributed by atoms with Gasteiger partial charge in [0.05, 0.1) is 37.9 Å². The Balaban J connectivity index is 2.22. The highest BCUT2D eigenvalue weighted by molar-refractivity contribution is 5.83. The minimum absolute atomic E-state index is 0.556. The minimum atomic E-state index is 0.556. The van der Waals surface area contributed by atoms with E-state index in [2.05, 4.69) is 31.0 Å². The van der Waals surface area contributed by atoms with Gasteiger partial charge < -0.3 is 19.2 Å². The van der Waals surface area contributed by atoms with Crippen molar-refractivity contribution in [3.63, 3.8) is 0 Å². The van der Waals surface area contributed by atoms with Crippen molar-refractivity contribution in [1.82, 2.24) is 9.97 Å². The lowest BCUT2D eigenvalue weighted by Gasteiger charge is -2.14. The number of aromatic amines is 1. The molecule has 3 rings (SSSR count). The van der Waals surface area contributed by atoms with Gasteiger partial charge in [-0.15, -0.1) is 0 Å². The van der Waals surface area contributed by atoms with E-state index in [9.17, 15) is 0 Å². The molecule has 3 aromatic rings. The van der Waals surface area contributed by atoms with E-state index in [4.69, 9.17) is 19.2 Å². The Morgan fingerprint density at radius 2 is 1.57 bits per heavy atom. The third-order valence-corrected chi connectivity index (χ3v) is 4.06. The van der Waals surface area contributed by atoms with Crippen molar-refractivity contribution >= 4 is 11.0 Å². The number of aryl methyl sites for hydroxylation is 2. The average molecular weight is 312 g/mol. The Morgan fingerprint density at radius 3 is 2.22 bits per heavy atom. The van der Waals surface area contributed by atoms with Crippen LogP contribution in [0.2, 0.25) is 0 Å². The molecule has 0 fully saturated rings. The van der Waals surface area contributed by atoms with Crippen molar-refractivity contribution in [3.8, 4) is 28.6 Å². The molecule has 1 N–H and O–H groups in total. The summed E-state index contributed by atoms with van der Waals surface area (Å²) >= 11 is 0. The summed E-state index contributed by atoms with van der Waals surface area (Å²) in [7, 11) is 4.80. The van der Waals surface area contributed by atoms with E-state index in [0.29, 0.717) is 17.2 Å². The van der Waals surface area contributed by atoms with Crippen LogP contribution in [0.5, 0.6) is 17.2 Å². The van der Waals surface area contributed by atoms with Crippen LogP contribution in [0.1, 0.15) is 11.1 Å². The van der Waals surface area contributed by atoms with E-state index < -0.39 is 0 Å². The molecule has 0 aliphatic carbocycles. The first kappa shape index (κ1) is 15.2. The monoisotopic (exact) mass is 312 g/mol. The Kier molecular flexibility index (Phi) is 3.86. The van der Waals surface area contributed by atoms with Crippen molar-refractivity contribution < 1.29 is 14.2 Å². The number of nitrogens with zero attached hydrogens (tertiary/aromatic N) is 1. The Bertz CT molecular complexity index is 829. The zero-order valence-electron chi connectivity index (χ0n) is 14.0. The SMILES string of the molecule is COc1ccc(-c2nc3cc(C)c(C)cc3[nH]2)c(OC)c1OC. The molecule has 1 aromatic heterocycles. The second kappa shape index (κ2) is 5.83. The van der Waals surface area contributed by atoms with Crippen LogP contribution in [0, 0.1) is 13.8 Å². The summed E-state index contributed by atoms with van der Waals surface area (Å²) in [5, 5.41) is 0. The first-order chi connectivity index (χ1) is 11.1. The fourth-order valence-electron chi connectivity index (χ4n) is 2.68. The first-order valence-corrected chi connectivity index (χ1v) is 7.35. The Labute approximate surface area is 135 Å². The summed E-state index contributed by atoms with van der Waals surface area (Å²) in [5.74, 6) is 2.51. The molecule has 23 heavy (non-hydrogen) atoms. The fourth-order valence-corrected chi connectivity index (χ4v) is 2.68. The Hall–Kier alpha value is -2.69. The molecule has 0 aliphatic heterocycles. The highest BCUT2D eigenvalue weighted by Gasteiger charge is 2.19. The lowest BCUT2D eigenvalue weighted by atomic mass is 10.1. The van der Waals surface area contributed by atoms with Crippen LogP contribution in [0.4, 0.5) is 0 Å². The molecular formula is C18H20N2O3. The number of hydrogen-bond donors (Lipinski definition) is 1. The number of fused-ring (bicyclic) bond motifs is 1. The van der Waals surface area contributed by atoms with Crippen molar-refractivity contribution in [1.29, 1.82) is 0 Å². The molecular weight excluding hydrogens is 292 g/mol. The number of methoxy groups -OCH3 is 3. The van der Waals surface area contributed by atoms with Crippen molar-refractivity contribution in [2.45, 2.75) is 13.8 Å². The second-order valence-corrected chi connectivity index (χ2v) is 5.42. The van der Waals surface area contributed by atoms with Crippen LogP contribution in [-0.2, 0) is 0 Å². The van der Waals surface area contributed by atoms with E-state index in [1.54, 1.807) is 21.3 Å². The number of aromatic nitrogens is 2. The van der Waals surface area contributed by atoms with Crippen LogP contribution < -0.4 is 14.2 Å². The van der Waals surface area contributed by atoms with Gasteiger partial charge in [-0.1, -0.05) is 0 Å². The van der Waals surface area contributed by atoms with Gasteiger partial charge in [0, 0.05) is 0 Å². The molecule has 0 unspecified atom stereocenters. The van der Waals surface area contributed by atoms with Gasteiger partial charge in [0.1, 0.15) is 5.82 Å². The zero-order valence-corrected chi connectivity index (χ0v) is 14.0. The molecule has 0 radical (unpaired) electrons. The third-order valence-electron chi connectivity index (χ3n) is 4.06. The lowest BCUT2D eigenvalue weighted by molar-refractivity contribution is 0.325. The molecule has 0 aliphatic rings. The largest absolute Gasteiger partial charge is 0.493 e. The smallest absolute Gasteiger partial charge is 0.204 e. The maximum atomic E-state index is 5.54. The van der Waals surface area contributed by atoms with Crippen molar-refractivity contribution in [3.05, 3.63) is 35.4 Å². The lowest BCUT2D eigenvalue weighted by Crippen LogP contribution is -1.97. The number of imidazole rings is 1. The van der Waals surface area contributed by atoms with Gasteiger partial charge in [-0.3, -0.25) is 0 Å². The highest BCUT2D eigenvalue weighted by atomic mass is 16.5. The summed E-state index contributed by atoms with van der Waals surface area (Å²) in [6.07, 6.45) is 0. The molecule has 2 aromatic carbocycles. The summed E-state index contributed by atoms with van der Waals surface area (Å²) < 4.78 is 16.3. The van der Waals surface area contributed by atoms with E-state index in [0.717, 1.165) is 22.4 Å². The molecule has 0 spiro atoms. The third kappa shape index (κ3) is 2.48. The van der Waals surface area contributed by atoms with E-state index >= 15 is 0 Å². The van der Waals surface area contributed by atoms with E-state index in [-0.39, 0.29) is 0 Å². The summed E-state index contributed by atoms with van der Waals surface area (Å²) in [4.78, 5) is 8.05. The van der Waals surface area contributed by atoms with Crippen LogP contribution in [-0.4, -0.2) is 31.3 Å². The molecule has 5 nitrogen and oxygen atoms in total. The van der Waals surface area contributed by atoms with Crippen LogP contribution >= 0.6 is 0 Å². The standard InChI is InChI=1S/C18H20N2O3/c1-10-8-13-14(9-11(10)2)20-18(19-13)12-6-7-15(21-3)17(23-5)16(12)22-4/h6-9H,1-5H3,(H,19,20). The fraction of sp³-hybridized carbons (Fsp3) is 0.278. The molecule has 0 saturated heterocycles. The van der Waals surface area contributed by atoms with E-state index in [1.807, 2.05) is 12.1 Å². The number of benzene rings is 2. The molecule has 120 valence electrons. The maximum absolute atomic E-state index is 5.54. The summed E-state index contributed by atoms with van der Waals surface area (Å²) in [6.45, 7) is 4.17. The van der Waals surface area contributed by atoms with Gasteiger partial charge in [-0.05, 0) is 49.2 Å².